The molecule has 1 aromatic heterocycles. The molecule has 2 N–H and O–H groups in total. The van der Waals surface area contributed by atoms with Gasteiger partial charge in [0.2, 0.25) is 5.43 Å². The lowest BCUT2D eigenvalue weighted by Crippen LogP contribution is -2.24. The van der Waals surface area contributed by atoms with Crippen molar-refractivity contribution in [1.29, 1.82) is 0 Å². The molecule has 15 heavy (non-hydrogen) atoms. The van der Waals surface area contributed by atoms with Gasteiger partial charge in [-0.3, -0.25) is 4.79 Å². The molecule has 1 heterocycles. The molecule has 0 fully saturated rings. The van der Waals surface area contributed by atoms with E-state index >= 15 is 0 Å². The van der Waals surface area contributed by atoms with Gasteiger partial charge in [-0.2, -0.15) is 0 Å². The highest BCUT2D eigenvalue weighted by atomic mass is 79.9. The van der Waals surface area contributed by atoms with Crippen molar-refractivity contribution in [3.05, 3.63) is 27.1 Å². The Morgan fingerprint density at radius 1 is 1.53 bits per heavy atom. The predicted octanol–water partition coefficient (Wildman–Crippen LogP) is 2.24. The first kappa shape index (κ1) is 12.2. The van der Waals surface area contributed by atoms with Gasteiger partial charge in [0, 0.05) is 18.8 Å². The standard InChI is InChI=1S/C9H11BrF2N2O/c1-2-9(11,12)5-14-3-6(10)8(15)7(13)4-14/h3-4H,2,5,13H2,1H3. The van der Waals surface area contributed by atoms with Crippen molar-refractivity contribution >= 4 is 21.6 Å². The van der Waals surface area contributed by atoms with E-state index in [0.29, 0.717) is 0 Å². The molecule has 0 aliphatic carbocycles. The molecule has 1 rings (SSSR count). The van der Waals surface area contributed by atoms with Crippen LogP contribution in [0.5, 0.6) is 0 Å². The van der Waals surface area contributed by atoms with Crippen molar-refractivity contribution in [2.75, 3.05) is 5.73 Å². The summed E-state index contributed by atoms with van der Waals surface area (Å²) in [6.45, 7) is 0.924. The Balaban J connectivity index is 3.03. The fourth-order valence-corrected chi connectivity index (χ4v) is 1.58. The molecule has 0 amide bonds. The van der Waals surface area contributed by atoms with Crippen molar-refractivity contribution in [2.24, 2.45) is 0 Å². The Labute approximate surface area is 94.0 Å². The van der Waals surface area contributed by atoms with E-state index in [1.54, 1.807) is 0 Å². The zero-order valence-corrected chi connectivity index (χ0v) is 9.72. The first-order chi connectivity index (χ1) is 6.85. The van der Waals surface area contributed by atoms with Gasteiger partial charge in [-0.05, 0) is 15.9 Å². The summed E-state index contributed by atoms with van der Waals surface area (Å²) in [5.41, 5.74) is 4.95. The van der Waals surface area contributed by atoms with Crippen molar-refractivity contribution in [3.63, 3.8) is 0 Å². The van der Waals surface area contributed by atoms with E-state index in [1.807, 2.05) is 0 Å². The van der Waals surface area contributed by atoms with Crippen LogP contribution in [-0.2, 0) is 6.54 Å². The molecule has 0 aliphatic rings. The van der Waals surface area contributed by atoms with Gasteiger partial charge < -0.3 is 10.3 Å². The lowest BCUT2D eigenvalue weighted by molar-refractivity contribution is -0.0199. The molecule has 0 saturated carbocycles. The third-order valence-electron chi connectivity index (χ3n) is 1.99. The second-order valence-electron chi connectivity index (χ2n) is 3.27. The van der Waals surface area contributed by atoms with Gasteiger partial charge in [0.05, 0.1) is 16.7 Å². The smallest absolute Gasteiger partial charge is 0.265 e. The molecule has 1 aromatic rings. The molecule has 0 saturated heterocycles. The number of alkyl halides is 2. The molecule has 0 radical (unpaired) electrons. The minimum Gasteiger partial charge on any atom is -0.394 e. The highest BCUT2D eigenvalue weighted by molar-refractivity contribution is 9.10. The maximum atomic E-state index is 13.0. The third kappa shape index (κ3) is 3.02. The quantitative estimate of drug-likeness (QED) is 0.923. The number of anilines is 1. The van der Waals surface area contributed by atoms with Crippen LogP contribution in [0.2, 0.25) is 0 Å². The predicted molar refractivity (Wildman–Crippen MR) is 58.1 cm³/mol. The molecule has 0 aromatic carbocycles. The van der Waals surface area contributed by atoms with Crippen LogP contribution in [0.4, 0.5) is 14.5 Å². The van der Waals surface area contributed by atoms with Gasteiger partial charge >= 0.3 is 0 Å². The van der Waals surface area contributed by atoms with Crippen LogP contribution in [0.1, 0.15) is 13.3 Å². The largest absolute Gasteiger partial charge is 0.394 e. The fourth-order valence-electron chi connectivity index (χ4n) is 1.09. The van der Waals surface area contributed by atoms with Gasteiger partial charge in [-0.1, -0.05) is 6.92 Å². The van der Waals surface area contributed by atoms with Crippen LogP contribution < -0.4 is 11.2 Å². The van der Waals surface area contributed by atoms with Gasteiger partial charge in [0.25, 0.3) is 5.92 Å². The normalized spacial score (nSPS) is 11.7. The van der Waals surface area contributed by atoms with Gasteiger partial charge in [-0.15, -0.1) is 0 Å². The number of aromatic nitrogens is 1. The molecule has 0 spiro atoms. The number of pyridine rings is 1. The number of nitrogen functional groups attached to an aromatic ring is 1. The van der Waals surface area contributed by atoms with Gasteiger partial charge in [-0.25, -0.2) is 8.78 Å². The maximum absolute atomic E-state index is 13.0. The lowest BCUT2D eigenvalue weighted by atomic mass is 10.2. The minimum atomic E-state index is -2.79. The summed E-state index contributed by atoms with van der Waals surface area (Å²) >= 11 is 2.97. The molecule has 3 nitrogen and oxygen atoms in total. The second kappa shape index (κ2) is 4.30. The van der Waals surface area contributed by atoms with E-state index in [4.69, 9.17) is 5.73 Å². The Morgan fingerprint density at radius 3 is 2.60 bits per heavy atom. The first-order valence-electron chi connectivity index (χ1n) is 4.38. The van der Waals surface area contributed by atoms with Crippen LogP contribution in [-0.4, -0.2) is 10.5 Å². The van der Waals surface area contributed by atoms with E-state index in [9.17, 15) is 13.6 Å². The lowest BCUT2D eigenvalue weighted by Gasteiger charge is -2.16. The molecular formula is C9H11BrF2N2O. The van der Waals surface area contributed by atoms with Crippen molar-refractivity contribution in [2.45, 2.75) is 25.8 Å². The average Bonchev–Trinajstić information content (AvgIpc) is 2.13. The summed E-state index contributed by atoms with van der Waals surface area (Å²) in [5.74, 6) is -2.79. The minimum absolute atomic E-state index is 0.0451. The highest BCUT2D eigenvalue weighted by Crippen LogP contribution is 2.21. The van der Waals surface area contributed by atoms with E-state index in [2.05, 4.69) is 15.9 Å². The van der Waals surface area contributed by atoms with E-state index in [0.717, 1.165) is 0 Å². The molecule has 0 atom stereocenters. The van der Waals surface area contributed by atoms with Gasteiger partial charge in [0.1, 0.15) is 0 Å². The van der Waals surface area contributed by atoms with E-state index in [1.165, 1.54) is 23.9 Å². The summed E-state index contributed by atoms with van der Waals surface area (Å²) in [6, 6.07) is 0. The van der Waals surface area contributed by atoms with Crippen molar-refractivity contribution in [1.82, 2.24) is 4.57 Å². The summed E-state index contributed by atoms with van der Waals surface area (Å²) in [6.07, 6.45) is 2.27. The third-order valence-corrected chi connectivity index (χ3v) is 2.56. The molecule has 0 bridgehead atoms. The molecule has 84 valence electrons. The summed E-state index contributed by atoms with van der Waals surface area (Å²) in [7, 11) is 0. The van der Waals surface area contributed by atoms with Crippen LogP contribution in [0.25, 0.3) is 0 Å². The number of hydrogen-bond donors (Lipinski definition) is 1. The van der Waals surface area contributed by atoms with Crippen molar-refractivity contribution in [3.8, 4) is 0 Å². The zero-order valence-electron chi connectivity index (χ0n) is 8.14. The molecular weight excluding hydrogens is 270 g/mol. The number of nitrogens with zero attached hydrogens (tertiary/aromatic N) is 1. The number of hydrogen-bond acceptors (Lipinski definition) is 2. The first-order valence-corrected chi connectivity index (χ1v) is 5.18. The Hall–Kier alpha value is -0.910. The number of halogens is 3. The van der Waals surface area contributed by atoms with Crippen molar-refractivity contribution < 1.29 is 8.78 Å². The van der Waals surface area contributed by atoms with E-state index < -0.39 is 12.5 Å². The van der Waals surface area contributed by atoms with Crippen LogP contribution in [0.15, 0.2) is 21.7 Å². The topological polar surface area (TPSA) is 48.0 Å². The second-order valence-corrected chi connectivity index (χ2v) is 4.13. The Bertz CT molecular complexity index is 391. The Morgan fingerprint density at radius 2 is 2.13 bits per heavy atom. The number of nitrogens with two attached hydrogens (primary N) is 1. The van der Waals surface area contributed by atoms with E-state index in [-0.39, 0.29) is 22.0 Å². The van der Waals surface area contributed by atoms with Crippen LogP contribution >= 0.6 is 15.9 Å². The highest BCUT2D eigenvalue weighted by Gasteiger charge is 2.26. The molecule has 6 heteroatoms. The fraction of sp³-hybridized carbons (Fsp3) is 0.444. The van der Waals surface area contributed by atoms with Crippen LogP contribution in [0.3, 0.4) is 0 Å². The summed E-state index contributed by atoms with van der Waals surface area (Å²) < 4.78 is 27.5. The Kier molecular flexibility index (Phi) is 3.49. The van der Waals surface area contributed by atoms with Crippen LogP contribution in [0, 0.1) is 0 Å². The monoisotopic (exact) mass is 280 g/mol. The SMILES string of the molecule is CCC(F)(F)Cn1cc(N)c(=O)c(Br)c1. The number of rotatable bonds is 3. The maximum Gasteiger partial charge on any atom is 0.265 e. The zero-order chi connectivity index (χ0) is 11.6. The summed E-state index contributed by atoms with van der Waals surface area (Å²) in [5, 5.41) is 0. The molecule has 0 unspecified atom stereocenters. The average molecular weight is 281 g/mol. The molecule has 0 aliphatic heterocycles. The summed E-state index contributed by atoms with van der Waals surface area (Å²) in [4.78, 5) is 11.2. The van der Waals surface area contributed by atoms with Gasteiger partial charge in [0.15, 0.2) is 0 Å².